The minimum absolute atomic E-state index is 0.424. The Morgan fingerprint density at radius 1 is 1.44 bits per heavy atom. The van der Waals surface area contributed by atoms with Crippen molar-refractivity contribution in [2.45, 2.75) is 43.0 Å². The van der Waals surface area contributed by atoms with Crippen molar-refractivity contribution in [1.82, 2.24) is 4.90 Å². The maximum absolute atomic E-state index is 11.9. The molecule has 2 rings (SSSR count). The molecule has 1 amide bonds. The number of fused-ring (bicyclic) bond motifs is 1. The minimum atomic E-state index is -1.34. The number of hydrogen-bond donors (Lipinski definition) is 2. The summed E-state index contributed by atoms with van der Waals surface area (Å²) in [5.74, 6) is -2.78. The van der Waals surface area contributed by atoms with Crippen LogP contribution in [0.4, 0.5) is 0 Å². The van der Waals surface area contributed by atoms with E-state index in [0.29, 0.717) is 0 Å². The van der Waals surface area contributed by atoms with Crippen molar-refractivity contribution in [3.05, 3.63) is 0 Å². The summed E-state index contributed by atoms with van der Waals surface area (Å²) in [6.45, 7) is 4.72. The number of ketones is 1. The van der Waals surface area contributed by atoms with E-state index in [9.17, 15) is 24.6 Å². The van der Waals surface area contributed by atoms with Gasteiger partial charge in [0.1, 0.15) is 18.1 Å². The standard InChI is InChI=1S/C11H15NO5S/c1-4(13)6(14)5-8(15)12-7(10(16)17)11(2,3)18-9(5)12/h5-7,9,14H,1-3H3,(H,16,17)/t5-,6?,7+,9-/m1/s1. The van der Waals surface area contributed by atoms with Crippen molar-refractivity contribution in [3.63, 3.8) is 0 Å². The highest BCUT2D eigenvalue weighted by Crippen LogP contribution is 2.54. The van der Waals surface area contributed by atoms with Crippen LogP contribution >= 0.6 is 11.8 Å². The van der Waals surface area contributed by atoms with Crippen LogP contribution in [0.2, 0.25) is 0 Å². The van der Waals surface area contributed by atoms with Crippen LogP contribution in [0.3, 0.4) is 0 Å². The Kier molecular flexibility index (Phi) is 2.94. The number of nitrogens with zero attached hydrogens (tertiary/aromatic N) is 1. The summed E-state index contributed by atoms with van der Waals surface area (Å²) < 4.78 is -0.628. The summed E-state index contributed by atoms with van der Waals surface area (Å²) in [6, 6.07) is -0.907. The quantitative estimate of drug-likeness (QED) is 0.685. The predicted molar refractivity (Wildman–Crippen MR) is 63.9 cm³/mol. The van der Waals surface area contributed by atoms with Crippen molar-refractivity contribution in [2.75, 3.05) is 0 Å². The molecular weight excluding hydrogens is 258 g/mol. The number of amides is 1. The molecule has 0 aromatic rings. The average Bonchev–Trinajstić information content (AvgIpc) is 2.47. The second kappa shape index (κ2) is 3.96. The van der Waals surface area contributed by atoms with Crippen molar-refractivity contribution in [3.8, 4) is 0 Å². The van der Waals surface area contributed by atoms with Gasteiger partial charge >= 0.3 is 5.97 Å². The number of hydrogen-bond acceptors (Lipinski definition) is 5. The summed E-state index contributed by atoms with van der Waals surface area (Å²) in [7, 11) is 0. The number of carbonyl (C=O) groups is 3. The van der Waals surface area contributed by atoms with E-state index < -0.39 is 45.8 Å². The minimum Gasteiger partial charge on any atom is -0.480 e. The number of carboxylic acid groups (broad SMARTS) is 1. The van der Waals surface area contributed by atoms with E-state index in [-0.39, 0.29) is 0 Å². The Hall–Kier alpha value is -1.08. The van der Waals surface area contributed by atoms with Crippen LogP contribution < -0.4 is 0 Å². The average molecular weight is 273 g/mol. The molecule has 100 valence electrons. The molecule has 2 aliphatic rings. The maximum atomic E-state index is 11.9. The first kappa shape index (κ1) is 13.4. The Bertz CT molecular complexity index is 435. The number of carbonyl (C=O) groups excluding carboxylic acids is 2. The van der Waals surface area contributed by atoms with Crippen LogP contribution in [0.1, 0.15) is 20.8 Å². The second-order valence-corrected chi connectivity index (χ2v) is 6.95. The smallest absolute Gasteiger partial charge is 0.327 e. The maximum Gasteiger partial charge on any atom is 0.327 e. The summed E-state index contributed by atoms with van der Waals surface area (Å²) in [6.07, 6.45) is -1.34. The normalized spacial score (nSPS) is 34.8. The van der Waals surface area contributed by atoms with Crippen LogP contribution in [-0.4, -0.2) is 55.0 Å². The number of aliphatic hydroxyl groups is 1. The van der Waals surface area contributed by atoms with Crippen molar-refractivity contribution >= 4 is 29.4 Å². The molecule has 0 spiro atoms. The van der Waals surface area contributed by atoms with Gasteiger partial charge in [-0.05, 0) is 20.8 Å². The summed E-state index contributed by atoms with van der Waals surface area (Å²) in [5.41, 5.74) is 0. The van der Waals surface area contributed by atoms with Gasteiger partial charge in [0.05, 0.1) is 5.37 Å². The summed E-state index contributed by atoms with van der Waals surface area (Å²) >= 11 is 1.32. The van der Waals surface area contributed by atoms with Gasteiger partial charge < -0.3 is 15.1 Å². The topological polar surface area (TPSA) is 94.9 Å². The molecule has 4 atom stereocenters. The van der Waals surface area contributed by atoms with E-state index in [1.165, 1.54) is 23.6 Å². The third kappa shape index (κ3) is 1.65. The van der Waals surface area contributed by atoms with Gasteiger partial charge in [0.25, 0.3) is 0 Å². The van der Waals surface area contributed by atoms with Crippen molar-refractivity contribution in [2.24, 2.45) is 5.92 Å². The molecule has 7 heteroatoms. The Labute approximate surface area is 108 Å². The van der Waals surface area contributed by atoms with E-state index in [0.717, 1.165) is 0 Å². The summed E-state index contributed by atoms with van der Waals surface area (Å²) in [4.78, 5) is 35.6. The molecule has 0 aromatic heterocycles. The zero-order valence-electron chi connectivity index (χ0n) is 10.3. The van der Waals surface area contributed by atoms with Crippen molar-refractivity contribution in [1.29, 1.82) is 0 Å². The van der Waals surface area contributed by atoms with E-state index in [2.05, 4.69) is 0 Å². The summed E-state index contributed by atoms with van der Waals surface area (Å²) in [5, 5.41) is 18.5. The molecule has 2 N–H and O–H groups in total. The highest BCUT2D eigenvalue weighted by molar-refractivity contribution is 8.01. The fourth-order valence-electron chi connectivity index (χ4n) is 2.59. The first-order chi connectivity index (χ1) is 8.18. The number of thioether (sulfide) groups is 1. The van der Waals surface area contributed by atoms with Crippen LogP contribution in [0, 0.1) is 5.92 Å². The fourth-order valence-corrected chi connectivity index (χ4v) is 4.30. The number of aliphatic carboxylic acids is 1. The van der Waals surface area contributed by atoms with Gasteiger partial charge in [0.15, 0.2) is 5.78 Å². The van der Waals surface area contributed by atoms with Gasteiger partial charge in [-0.1, -0.05) is 0 Å². The molecule has 2 aliphatic heterocycles. The molecular formula is C11H15NO5S. The van der Waals surface area contributed by atoms with E-state index in [1.807, 2.05) is 0 Å². The lowest BCUT2D eigenvalue weighted by molar-refractivity contribution is -0.170. The molecule has 18 heavy (non-hydrogen) atoms. The molecule has 6 nitrogen and oxygen atoms in total. The molecule has 0 aromatic carbocycles. The van der Waals surface area contributed by atoms with Gasteiger partial charge in [-0.15, -0.1) is 11.8 Å². The van der Waals surface area contributed by atoms with E-state index in [4.69, 9.17) is 0 Å². The Morgan fingerprint density at radius 2 is 2.00 bits per heavy atom. The van der Waals surface area contributed by atoms with Crippen LogP contribution in [0.15, 0.2) is 0 Å². The lowest BCUT2D eigenvalue weighted by Crippen LogP contribution is -2.66. The number of carboxylic acids is 1. The third-order valence-electron chi connectivity index (χ3n) is 3.47. The molecule has 0 aliphatic carbocycles. The highest BCUT2D eigenvalue weighted by Gasteiger charge is 2.65. The van der Waals surface area contributed by atoms with Gasteiger partial charge in [-0.25, -0.2) is 4.79 Å². The number of rotatable bonds is 3. The van der Waals surface area contributed by atoms with Gasteiger partial charge in [-0.3, -0.25) is 9.59 Å². The van der Waals surface area contributed by atoms with Crippen LogP contribution in [0.5, 0.6) is 0 Å². The van der Waals surface area contributed by atoms with Crippen LogP contribution in [-0.2, 0) is 14.4 Å². The van der Waals surface area contributed by atoms with Crippen LogP contribution in [0.25, 0.3) is 0 Å². The van der Waals surface area contributed by atoms with E-state index in [1.54, 1.807) is 13.8 Å². The molecule has 0 saturated carbocycles. The Balaban J connectivity index is 2.27. The van der Waals surface area contributed by atoms with Gasteiger partial charge in [0, 0.05) is 4.75 Å². The first-order valence-electron chi connectivity index (χ1n) is 5.60. The molecule has 0 radical (unpaired) electrons. The SMILES string of the molecule is CC(=O)C(O)[C@@H]1C(=O)N2[C@@H]1SC(C)(C)[C@@H]2C(=O)O. The molecule has 2 saturated heterocycles. The van der Waals surface area contributed by atoms with Crippen molar-refractivity contribution < 1.29 is 24.6 Å². The predicted octanol–water partition coefficient (Wildman–Crippen LogP) is -0.301. The molecule has 2 fully saturated rings. The number of Topliss-reactive ketones (excluding diaryl/α,β-unsaturated/α-hetero) is 1. The fraction of sp³-hybridized carbons (Fsp3) is 0.727. The first-order valence-corrected chi connectivity index (χ1v) is 6.48. The zero-order valence-corrected chi connectivity index (χ0v) is 11.1. The van der Waals surface area contributed by atoms with Gasteiger partial charge in [-0.2, -0.15) is 0 Å². The second-order valence-electron chi connectivity index (χ2n) is 5.18. The third-order valence-corrected chi connectivity index (χ3v) is 5.07. The highest BCUT2D eigenvalue weighted by atomic mass is 32.2. The molecule has 1 unspecified atom stereocenters. The number of β-lactam (4-membered cyclic amide) rings is 1. The van der Waals surface area contributed by atoms with E-state index >= 15 is 0 Å². The Morgan fingerprint density at radius 3 is 2.44 bits per heavy atom. The number of aliphatic hydroxyl groups excluding tert-OH is 1. The monoisotopic (exact) mass is 273 g/mol. The molecule has 2 heterocycles. The zero-order chi connectivity index (χ0) is 13.8. The molecule has 0 bridgehead atoms. The van der Waals surface area contributed by atoms with Gasteiger partial charge in [0.2, 0.25) is 5.91 Å². The largest absolute Gasteiger partial charge is 0.480 e. The lowest BCUT2D eigenvalue weighted by atomic mass is 9.86. The lowest BCUT2D eigenvalue weighted by Gasteiger charge is -2.44.